The number of fused-ring (bicyclic) bond motifs is 2. The van der Waals surface area contributed by atoms with Crippen LogP contribution >= 0.6 is 44.1 Å². The van der Waals surface area contributed by atoms with Gasteiger partial charge in [-0.05, 0) is 73.5 Å². The topological polar surface area (TPSA) is 79.5 Å². The Morgan fingerprint density at radius 2 is 1.62 bits per heavy atom. The molecule has 0 bridgehead atoms. The number of benzene rings is 4. The summed E-state index contributed by atoms with van der Waals surface area (Å²) in [5.74, 6) is -0.202. The van der Waals surface area contributed by atoms with E-state index in [0.717, 1.165) is 36.1 Å². The van der Waals surface area contributed by atoms with Crippen LogP contribution in [0.4, 0.5) is 0 Å². The van der Waals surface area contributed by atoms with Gasteiger partial charge in [-0.1, -0.05) is 70.5 Å². The van der Waals surface area contributed by atoms with Crippen molar-refractivity contribution in [1.82, 2.24) is 16.2 Å². The maximum Gasteiger partial charge on any atom is 0.264 e. The lowest BCUT2D eigenvalue weighted by Crippen LogP contribution is -2.49. The number of halogens is 2. The quantitative estimate of drug-likeness (QED) is 0.218. The van der Waals surface area contributed by atoms with Crippen molar-refractivity contribution >= 4 is 82.5 Å². The van der Waals surface area contributed by atoms with Crippen molar-refractivity contribution in [3.05, 3.63) is 87.3 Å². The molecule has 0 heterocycles. The summed E-state index contributed by atoms with van der Waals surface area (Å²) in [6, 6.07) is 23.3. The molecule has 0 aliphatic heterocycles. The summed E-state index contributed by atoms with van der Waals surface area (Å²) in [5, 5.41) is 6.53. The lowest BCUT2D eigenvalue weighted by Gasteiger charge is -2.13. The third kappa shape index (κ3) is 5.91. The number of hydrazine groups is 1. The second-order valence-electron chi connectivity index (χ2n) is 7.40. The molecule has 0 unspecified atom stereocenters. The predicted octanol–water partition coefficient (Wildman–Crippen LogP) is 5.16. The van der Waals surface area contributed by atoms with Gasteiger partial charge in [0.1, 0.15) is 5.75 Å². The first-order chi connectivity index (χ1) is 16.4. The smallest absolute Gasteiger partial charge is 0.264 e. The minimum Gasteiger partial charge on any atom is -0.483 e. The molecule has 6 nitrogen and oxygen atoms in total. The summed E-state index contributed by atoms with van der Waals surface area (Å²) in [6.45, 7) is -0.244. The van der Waals surface area contributed by atoms with Crippen molar-refractivity contribution < 1.29 is 14.3 Å². The highest BCUT2D eigenvalue weighted by Crippen LogP contribution is 2.34. The molecule has 0 fully saturated rings. The standard InChI is InChI=1S/C25H19Br2N3O3S/c26-18-9-10-20-17(12-18)8-11-21(24(20)27)33-14-23(32)28-25(34)30-29-22(31)13-16-6-3-5-15-4-1-2-7-19(15)16/h1-12H,13-14H2,(H,29,31)(H2,28,30,32,34). The second-order valence-corrected chi connectivity index (χ2v) is 9.51. The molecule has 172 valence electrons. The Bertz CT molecular complexity index is 1410. The summed E-state index contributed by atoms with van der Waals surface area (Å²) in [7, 11) is 0. The molecule has 9 heteroatoms. The van der Waals surface area contributed by atoms with Crippen LogP contribution in [0, 0.1) is 0 Å². The molecule has 4 rings (SSSR count). The highest BCUT2D eigenvalue weighted by molar-refractivity contribution is 9.11. The molecule has 0 spiro atoms. The van der Waals surface area contributed by atoms with Gasteiger partial charge in [0, 0.05) is 4.47 Å². The molecule has 3 N–H and O–H groups in total. The van der Waals surface area contributed by atoms with E-state index < -0.39 is 5.91 Å². The lowest BCUT2D eigenvalue weighted by atomic mass is 10.0. The minimum absolute atomic E-state index is 0.0257. The molecular formula is C25H19Br2N3O3S. The zero-order valence-electron chi connectivity index (χ0n) is 17.7. The highest BCUT2D eigenvalue weighted by Gasteiger charge is 2.11. The number of nitrogens with one attached hydrogen (secondary N) is 3. The van der Waals surface area contributed by atoms with Crippen LogP contribution in [0.1, 0.15) is 5.56 Å². The Balaban J connectivity index is 1.26. The fourth-order valence-electron chi connectivity index (χ4n) is 3.48. The molecule has 0 aliphatic carbocycles. The van der Waals surface area contributed by atoms with Gasteiger partial charge in [0.15, 0.2) is 11.7 Å². The van der Waals surface area contributed by atoms with Gasteiger partial charge in [0.05, 0.1) is 10.9 Å². The van der Waals surface area contributed by atoms with Crippen LogP contribution in [-0.2, 0) is 16.0 Å². The number of thiocarbonyl (C=S) groups is 1. The molecule has 0 saturated heterocycles. The third-order valence-electron chi connectivity index (χ3n) is 5.04. The largest absolute Gasteiger partial charge is 0.483 e. The van der Waals surface area contributed by atoms with Gasteiger partial charge in [-0.2, -0.15) is 0 Å². The summed E-state index contributed by atoms with van der Waals surface area (Å²) < 4.78 is 7.37. The molecule has 0 aromatic heterocycles. The predicted molar refractivity (Wildman–Crippen MR) is 145 cm³/mol. The normalized spacial score (nSPS) is 10.6. The maximum absolute atomic E-state index is 12.3. The van der Waals surface area contributed by atoms with Crippen LogP contribution in [-0.4, -0.2) is 23.5 Å². The van der Waals surface area contributed by atoms with E-state index in [1.807, 2.05) is 66.7 Å². The number of amides is 2. The van der Waals surface area contributed by atoms with E-state index >= 15 is 0 Å². The van der Waals surface area contributed by atoms with E-state index in [1.165, 1.54) is 0 Å². The molecule has 34 heavy (non-hydrogen) atoms. The number of carbonyl (C=O) groups is 2. The lowest BCUT2D eigenvalue weighted by molar-refractivity contribution is -0.122. The van der Waals surface area contributed by atoms with Gasteiger partial charge in [-0.15, -0.1) is 0 Å². The molecule has 0 radical (unpaired) electrons. The van der Waals surface area contributed by atoms with Gasteiger partial charge in [0.2, 0.25) is 5.91 Å². The summed E-state index contributed by atoms with van der Waals surface area (Å²) in [5.41, 5.74) is 5.96. The van der Waals surface area contributed by atoms with Gasteiger partial charge in [0.25, 0.3) is 5.91 Å². The SMILES string of the molecule is O=C(Cc1cccc2ccccc12)NNC(=S)NC(=O)COc1ccc2cc(Br)ccc2c1Br. The number of rotatable bonds is 5. The van der Waals surface area contributed by atoms with E-state index in [2.05, 4.69) is 48.0 Å². The fraction of sp³-hybridized carbons (Fsp3) is 0.0800. The van der Waals surface area contributed by atoms with Crippen LogP contribution in [0.2, 0.25) is 0 Å². The summed E-state index contributed by atoms with van der Waals surface area (Å²) in [4.78, 5) is 24.6. The van der Waals surface area contributed by atoms with Crippen LogP contribution < -0.4 is 20.9 Å². The maximum atomic E-state index is 12.3. The van der Waals surface area contributed by atoms with Crippen molar-refractivity contribution in [2.24, 2.45) is 0 Å². The Morgan fingerprint density at radius 1 is 0.824 bits per heavy atom. The van der Waals surface area contributed by atoms with E-state index in [9.17, 15) is 9.59 Å². The van der Waals surface area contributed by atoms with Crippen LogP contribution in [0.25, 0.3) is 21.5 Å². The molecule has 4 aromatic carbocycles. The van der Waals surface area contributed by atoms with Gasteiger partial charge >= 0.3 is 0 Å². The third-order valence-corrected chi connectivity index (χ3v) is 6.55. The molecule has 0 saturated carbocycles. The Kier molecular flexibility index (Phi) is 7.77. The van der Waals surface area contributed by atoms with Gasteiger partial charge in [-0.3, -0.25) is 25.8 Å². The zero-order chi connectivity index (χ0) is 24.1. The molecular weight excluding hydrogens is 582 g/mol. The van der Waals surface area contributed by atoms with Gasteiger partial charge < -0.3 is 4.74 Å². The number of ether oxygens (including phenoxy) is 1. The Hall–Kier alpha value is -3.01. The van der Waals surface area contributed by atoms with Crippen LogP contribution in [0.5, 0.6) is 5.75 Å². The molecule has 0 atom stereocenters. The monoisotopic (exact) mass is 599 g/mol. The molecule has 4 aromatic rings. The average Bonchev–Trinajstić information content (AvgIpc) is 2.82. The highest BCUT2D eigenvalue weighted by atomic mass is 79.9. The molecule has 2 amide bonds. The van der Waals surface area contributed by atoms with Crippen molar-refractivity contribution in [2.45, 2.75) is 6.42 Å². The van der Waals surface area contributed by atoms with Crippen molar-refractivity contribution in [2.75, 3.05) is 6.61 Å². The van der Waals surface area contributed by atoms with E-state index in [-0.39, 0.29) is 24.0 Å². The second kappa shape index (κ2) is 10.9. The van der Waals surface area contributed by atoms with Crippen molar-refractivity contribution in [3.63, 3.8) is 0 Å². The Morgan fingerprint density at radius 3 is 2.47 bits per heavy atom. The van der Waals surface area contributed by atoms with Crippen molar-refractivity contribution in [3.8, 4) is 5.75 Å². The first-order valence-corrected chi connectivity index (χ1v) is 12.3. The minimum atomic E-state index is -0.455. The number of carbonyl (C=O) groups excluding carboxylic acids is 2. The fourth-order valence-corrected chi connectivity index (χ4v) is 4.63. The van der Waals surface area contributed by atoms with Crippen LogP contribution in [0.15, 0.2) is 81.7 Å². The number of hydrogen-bond acceptors (Lipinski definition) is 4. The molecule has 0 aliphatic rings. The summed E-state index contributed by atoms with van der Waals surface area (Å²) in [6.07, 6.45) is 0.167. The van der Waals surface area contributed by atoms with E-state index in [0.29, 0.717) is 5.75 Å². The first kappa shape index (κ1) is 24.1. The average molecular weight is 601 g/mol. The van der Waals surface area contributed by atoms with Crippen molar-refractivity contribution in [1.29, 1.82) is 0 Å². The van der Waals surface area contributed by atoms with E-state index in [1.54, 1.807) is 6.07 Å². The summed E-state index contributed by atoms with van der Waals surface area (Å²) >= 11 is 12.1. The van der Waals surface area contributed by atoms with E-state index in [4.69, 9.17) is 17.0 Å². The van der Waals surface area contributed by atoms with Gasteiger partial charge in [-0.25, -0.2) is 0 Å². The van der Waals surface area contributed by atoms with Crippen LogP contribution in [0.3, 0.4) is 0 Å². The number of hydrogen-bond donors (Lipinski definition) is 3. The zero-order valence-corrected chi connectivity index (χ0v) is 21.7. The Labute approximate surface area is 218 Å². The first-order valence-electron chi connectivity index (χ1n) is 10.3.